The van der Waals surface area contributed by atoms with Gasteiger partial charge in [0, 0.05) is 37.6 Å². The molecule has 0 saturated heterocycles. The predicted molar refractivity (Wildman–Crippen MR) is 117 cm³/mol. The third kappa shape index (κ3) is 6.90. The molecule has 1 aliphatic carbocycles. The number of aromatic nitrogens is 1. The summed E-state index contributed by atoms with van der Waals surface area (Å²) in [5.41, 5.74) is 1.13. The molecule has 1 heterocycles. The van der Waals surface area contributed by atoms with Crippen LogP contribution >= 0.6 is 24.0 Å². The second-order valence-corrected chi connectivity index (χ2v) is 6.40. The minimum absolute atomic E-state index is 0. The van der Waals surface area contributed by atoms with Crippen molar-refractivity contribution in [2.45, 2.75) is 32.9 Å². The lowest BCUT2D eigenvalue weighted by Gasteiger charge is -2.13. The normalized spacial score (nSPS) is 13.8. The van der Waals surface area contributed by atoms with Crippen molar-refractivity contribution in [3.05, 3.63) is 54.4 Å². The highest BCUT2D eigenvalue weighted by Crippen LogP contribution is 2.30. The lowest BCUT2D eigenvalue weighted by molar-refractivity contribution is 0.297. The van der Waals surface area contributed by atoms with Crippen molar-refractivity contribution in [3.8, 4) is 5.75 Å². The van der Waals surface area contributed by atoms with E-state index in [1.807, 2.05) is 30.3 Å². The van der Waals surface area contributed by atoms with E-state index in [9.17, 15) is 0 Å². The van der Waals surface area contributed by atoms with Crippen LogP contribution in [0.2, 0.25) is 0 Å². The lowest BCUT2D eigenvalue weighted by Crippen LogP contribution is -2.38. The second-order valence-electron chi connectivity index (χ2n) is 6.40. The highest BCUT2D eigenvalue weighted by Gasteiger charge is 2.22. The van der Waals surface area contributed by atoms with Crippen LogP contribution < -0.4 is 15.4 Å². The molecule has 142 valence electrons. The van der Waals surface area contributed by atoms with Crippen LogP contribution in [0.15, 0.2) is 53.8 Å². The van der Waals surface area contributed by atoms with Gasteiger partial charge in [-0.25, -0.2) is 4.99 Å². The molecule has 1 saturated carbocycles. The summed E-state index contributed by atoms with van der Waals surface area (Å²) in [4.78, 5) is 4.71. The van der Waals surface area contributed by atoms with Crippen LogP contribution in [-0.2, 0) is 13.1 Å². The van der Waals surface area contributed by atoms with E-state index in [4.69, 9.17) is 9.73 Å². The number of hydrogen-bond acceptors (Lipinski definition) is 2. The predicted octanol–water partition coefficient (Wildman–Crippen LogP) is 3.65. The van der Waals surface area contributed by atoms with Gasteiger partial charge >= 0.3 is 0 Å². The first-order valence-corrected chi connectivity index (χ1v) is 9.19. The molecule has 2 N–H and O–H groups in total. The smallest absolute Gasteiger partial charge is 0.191 e. The van der Waals surface area contributed by atoms with Crippen molar-refractivity contribution < 1.29 is 4.74 Å². The topological polar surface area (TPSA) is 50.6 Å². The number of benzene rings is 1. The van der Waals surface area contributed by atoms with E-state index in [1.54, 1.807) is 0 Å². The standard InChI is InChI=1S/C20H28N4O.HI/c1-2-21-20(22-11-14-24-12-5-6-13-24)23-15-18-7-3-4-8-19(18)25-16-17-9-10-17;/h3-8,12-13,17H,2,9-11,14-16H2,1H3,(H2,21,22,23);1H. The highest BCUT2D eigenvalue weighted by atomic mass is 127. The minimum Gasteiger partial charge on any atom is -0.493 e. The van der Waals surface area contributed by atoms with E-state index < -0.39 is 0 Å². The molecule has 26 heavy (non-hydrogen) atoms. The molecular weight excluding hydrogens is 439 g/mol. The van der Waals surface area contributed by atoms with E-state index >= 15 is 0 Å². The van der Waals surface area contributed by atoms with Crippen LogP contribution in [0.4, 0.5) is 0 Å². The monoisotopic (exact) mass is 468 g/mol. The molecule has 0 aliphatic heterocycles. The quantitative estimate of drug-likeness (QED) is 0.336. The summed E-state index contributed by atoms with van der Waals surface area (Å²) in [6.07, 6.45) is 6.74. The molecule has 0 unspecified atom stereocenters. The summed E-state index contributed by atoms with van der Waals surface area (Å²) in [5, 5.41) is 6.69. The number of hydrogen-bond donors (Lipinski definition) is 2. The molecule has 2 aromatic rings. The lowest BCUT2D eigenvalue weighted by atomic mass is 10.2. The van der Waals surface area contributed by atoms with E-state index in [2.05, 4.69) is 40.6 Å². The van der Waals surface area contributed by atoms with Crippen LogP contribution in [0.1, 0.15) is 25.3 Å². The van der Waals surface area contributed by atoms with Gasteiger partial charge in [0.05, 0.1) is 13.2 Å². The summed E-state index contributed by atoms with van der Waals surface area (Å²) < 4.78 is 8.12. The van der Waals surface area contributed by atoms with Gasteiger partial charge in [-0.1, -0.05) is 18.2 Å². The molecule has 1 aromatic carbocycles. The summed E-state index contributed by atoms with van der Waals surface area (Å²) in [6, 6.07) is 12.3. The van der Waals surface area contributed by atoms with E-state index in [0.29, 0.717) is 6.54 Å². The van der Waals surface area contributed by atoms with Gasteiger partial charge in [-0.3, -0.25) is 0 Å². The Kier molecular flexibility index (Phi) is 8.80. The molecule has 6 heteroatoms. The van der Waals surface area contributed by atoms with Gasteiger partial charge < -0.3 is 19.9 Å². The molecule has 0 spiro atoms. The summed E-state index contributed by atoms with van der Waals surface area (Å²) in [5.74, 6) is 2.55. The minimum atomic E-state index is 0. The number of para-hydroxylation sites is 1. The number of ether oxygens (including phenoxy) is 1. The van der Waals surface area contributed by atoms with Crippen LogP contribution in [0.3, 0.4) is 0 Å². The first-order chi connectivity index (χ1) is 12.3. The zero-order chi connectivity index (χ0) is 17.3. The molecule has 1 aromatic heterocycles. The van der Waals surface area contributed by atoms with Gasteiger partial charge in [0.25, 0.3) is 0 Å². The van der Waals surface area contributed by atoms with E-state index in [0.717, 1.165) is 49.4 Å². The molecule has 0 bridgehead atoms. The average Bonchev–Trinajstić information content (AvgIpc) is 3.32. The Hall–Kier alpha value is -1.70. The van der Waals surface area contributed by atoms with Crippen molar-refractivity contribution >= 4 is 29.9 Å². The number of halogens is 1. The number of guanidine groups is 1. The number of nitrogens with one attached hydrogen (secondary N) is 2. The molecule has 0 radical (unpaired) electrons. The van der Waals surface area contributed by atoms with Crippen molar-refractivity contribution in [1.29, 1.82) is 0 Å². The fourth-order valence-electron chi connectivity index (χ4n) is 2.60. The Morgan fingerprint density at radius 2 is 1.92 bits per heavy atom. The van der Waals surface area contributed by atoms with Gasteiger partial charge in [0.15, 0.2) is 5.96 Å². The molecule has 0 amide bonds. The Morgan fingerprint density at radius 1 is 1.15 bits per heavy atom. The fourth-order valence-corrected chi connectivity index (χ4v) is 2.60. The molecular formula is C20H29IN4O. The van der Waals surface area contributed by atoms with Crippen molar-refractivity contribution in [1.82, 2.24) is 15.2 Å². The van der Waals surface area contributed by atoms with Gasteiger partial charge in [-0.05, 0) is 43.9 Å². The van der Waals surface area contributed by atoms with E-state index in [-0.39, 0.29) is 24.0 Å². The van der Waals surface area contributed by atoms with Gasteiger partial charge in [0.2, 0.25) is 0 Å². The highest BCUT2D eigenvalue weighted by molar-refractivity contribution is 14.0. The molecule has 5 nitrogen and oxygen atoms in total. The Labute approximate surface area is 173 Å². The van der Waals surface area contributed by atoms with Crippen LogP contribution in [0.25, 0.3) is 0 Å². The Bertz CT molecular complexity index is 668. The molecule has 1 fully saturated rings. The second kappa shape index (κ2) is 11.1. The number of nitrogens with zero attached hydrogens (tertiary/aromatic N) is 2. The average molecular weight is 468 g/mol. The summed E-state index contributed by atoms with van der Waals surface area (Å²) >= 11 is 0. The number of aliphatic imine (C=N–C) groups is 1. The number of rotatable bonds is 9. The fraction of sp³-hybridized carbons (Fsp3) is 0.450. The SMILES string of the molecule is CCNC(=NCc1ccccc1OCC1CC1)NCCn1cccc1.I. The van der Waals surface area contributed by atoms with Crippen molar-refractivity contribution in [2.24, 2.45) is 10.9 Å². The third-order valence-corrected chi connectivity index (χ3v) is 4.22. The van der Waals surface area contributed by atoms with Crippen LogP contribution in [0.5, 0.6) is 5.75 Å². The van der Waals surface area contributed by atoms with Gasteiger partial charge in [-0.15, -0.1) is 24.0 Å². The Morgan fingerprint density at radius 3 is 2.65 bits per heavy atom. The van der Waals surface area contributed by atoms with Gasteiger partial charge in [0.1, 0.15) is 5.75 Å². The summed E-state index contributed by atoms with van der Waals surface area (Å²) in [7, 11) is 0. The third-order valence-electron chi connectivity index (χ3n) is 4.22. The molecule has 1 aliphatic rings. The van der Waals surface area contributed by atoms with Crippen molar-refractivity contribution in [2.75, 3.05) is 19.7 Å². The zero-order valence-corrected chi connectivity index (χ0v) is 17.7. The largest absolute Gasteiger partial charge is 0.493 e. The Balaban J connectivity index is 0.00000243. The molecule has 0 atom stereocenters. The first kappa shape index (κ1) is 20.6. The summed E-state index contributed by atoms with van der Waals surface area (Å²) in [6.45, 7) is 6.11. The van der Waals surface area contributed by atoms with Crippen LogP contribution in [-0.4, -0.2) is 30.2 Å². The maximum absolute atomic E-state index is 5.97. The van der Waals surface area contributed by atoms with Gasteiger partial charge in [-0.2, -0.15) is 0 Å². The van der Waals surface area contributed by atoms with Crippen molar-refractivity contribution in [3.63, 3.8) is 0 Å². The molecule has 3 rings (SSSR count). The van der Waals surface area contributed by atoms with Crippen LogP contribution in [0, 0.1) is 5.92 Å². The maximum atomic E-state index is 5.97. The maximum Gasteiger partial charge on any atom is 0.191 e. The first-order valence-electron chi connectivity index (χ1n) is 9.19. The zero-order valence-electron chi connectivity index (χ0n) is 15.4. The van der Waals surface area contributed by atoms with E-state index in [1.165, 1.54) is 12.8 Å².